The Hall–Kier alpha value is -1.88. The van der Waals surface area contributed by atoms with Gasteiger partial charge in [-0.1, -0.05) is 12.1 Å². The number of likely N-dealkylation sites (N-methyl/N-ethyl adjacent to an activating group) is 1. The maximum Gasteiger partial charge on any atom is 0.335 e. The molecule has 1 aliphatic heterocycles. The number of hydrogen-bond donors (Lipinski definition) is 1. The molecular formula is C16H21NO4. The third-order valence-electron chi connectivity index (χ3n) is 3.77. The molecule has 1 amide bonds. The highest BCUT2D eigenvalue weighted by atomic mass is 16.5. The van der Waals surface area contributed by atoms with Crippen molar-refractivity contribution >= 4 is 11.9 Å². The SMILES string of the molecule is CN(CC1CCCOC1)C(=O)Cc1ccc(C(=O)O)cc1. The standard InChI is InChI=1S/C16H21NO4/c1-17(10-13-3-2-8-21-11-13)15(18)9-12-4-6-14(7-5-12)16(19)20/h4-7,13H,2-3,8-11H2,1H3,(H,19,20). The predicted molar refractivity (Wildman–Crippen MR) is 78.3 cm³/mol. The molecule has 5 nitrogen and oxygen atoms in total. The van der Waals surface area contributed by atoms with Crippen LogP contribution in [0.4, 0.5) is 0 Å². The number of aromatic carboxylic acids is 1. The van der Waals surface area contributed by atoms with Crippen LogP contribution in [0.1, 0.15) is 28.8 Å². The van der Waals surface area contributed by atoms with Crippen LogP contribution in [-0.4, -0.2) is 48.7 Å². The minimum absolute atomic E-state index is 0.0450. The van der Waals surface area contributed by atoms with Gasteiger partial charge in [-0.25, -0.2) is 4.79 Å². The largest absolute Gasteiger partial charge is 0.478 e. The summed E-state index contributed by atoms with van der Waals surface area (Å²) >= 11 is 0. The number of carbonyl (C=O) groups is 2. The van der Waals surface area contributed by atoms with E-state index in [4.69, 9.17) is 9.84 Å². The van der Waals surface area contributed by atoms with Gasteiger partial charge in [-0.3, -0.25) is 4.79 Å². The van der Waals surface area contributed by atoms with E-state index in [0.717, 1.165) is 31.6 Å². The van der Waals surface area contributed by atoms with Crippen LogP contribution >= 0.6 is 0 Å². The highest BCUT2D eigenvalue weighted by Gasteiger charge is 2.18. The van der Waals surface area contributed by atoms with Gasteiger partial charge in [0.2, 0.25) is 5.91 Å². The van der Waals surface area contributed by atoms with Crippen LogP contribution in [0.25, 0.3) is 0 Å². The molecule has 2 rings (SSSR count). The molecule has 1 atom stereocenters. The van der Waals surface area contributed by atoms with Crippen LogP contribution in [0.5, 0.6) is 0 Å². The highest BCUT2D eigenvalue weighted by molar-refractivity contribution is 5.87. The molecule has 0 spiro atoms. The molecule has 0 aliphatic carbocycles. The van der Waals surface area contributed by atoms with Crippen molar-refractivity contribution in [2.24, 2.45) is 5.92 Å². The molecule has 1 aromatic carbocycles. The Morgan fingerprint density at radius 2 is 2.05 bits per heavy atom. The van der Waals surface area contributed by atoms with Gasteiger partial charge < -0.3 is 14.7 Å². The Kier molecular flexibility index (Phi) is 5.33. The van der Waals surface area contributed by atoms with Crippen LogP contribution in [0.15, 0.2) is 24.3 Å². The topological polar surface area (TPSA) is 66.8 Å². The fourth-order valence-electron chi connectivity index (χ4n) is 2.52. The molecule has 21 heavy (non-hydrogen) atoms. The van der Waals surface area contributed by atoms with Crippen LogP contribution in [-0.2, 0) is 16.0 Å². The van der Waals surface area contributed by atoms with Gasteiger partial charge >= 0.3 is 5.97 Å². The zero-order valence-corrected chi connectivity index (χ0v) is 12.2. The molecule has 1 unspecified atom stereocenters. The average molecular weight is 291 g/mol. The normalized spacial score (nSPS) is 18.2. The van der Waals surface area contributed by atoms with Gasteiger partial charge in [-0.05, 0) is 36.5 Å². The second-order valence-corrected chi connectivity index (χ2v) is 5.54. The lowest BCUT2D eigenvalue weighted by Crippen LogP contribution is -2.35. The summed E-state index contributed by atoms with van der Waals surface area (Å²) in [5, 5.41) is 8.84. The van der Waals surface area contributed by atoms with Crippen LogP contribution in [0.3, 0.4) is 0 Å². The number of rotatable bonds is 5. The first kappa shape index (κ1) is 15.5. The fourth-order valence-corrected chi connectivity index (χ4v) is 2.52. The number of carboxylic acids is 1. The average Bonchev–Trinajstić information content (AvgIpc) is 2.48. The second kappa shape index (κ2) is 7.22. The molecule has 1 aliphatic rings. The summed E-state index contributed by atoms with van der Waals surface area (Å²) in [5.74, 6) is -0.493. The minimum Gasteiger partial charge on any atom is -0.478 e. The van der Waals surface area contributed by atoms with Crippen LogP contribution in [0, 0.1) is 5.92 Å². The highest BCUT2D eigenvalue weighted by Crippen LogP contribution is 2.15. The lowest BCUT2D eigenvalue weighted by Gasteiger charge is -2.27. The molecule has 1 heterocycles. The van der Waals surface area contributed by atoms with Gasteiger partial charge in [0, 0.05) is 20.2 Å². The Bertz CT molecular complexity index is 492. The van der Waals surface area contributed by atoms with Crippen LogP contribution in [0.2, 0.25) is 0 Å². The molecule has 0 aromatic heterocycles. The van der Waals surface area contributed by atoms with Crippen molar-refractivity contribution < 1.29 is 19.4 Å². The quantitative estimate of drug-likeness (QED) is 0.898. The summed E-state index contributed by atoms with van der Waals surface area (Å²) in [7, 11) is 1.81. The van der Waals surface area contributed by atoms with Crippen molar-refractivity contribution in [1.82, 2.24) is 4.90 Å². The summed E-state index contributed by atoms with van der Waals surface area (Å²) in [6.45, 7) is 2.26. The van der Waals surface area contributed by atoms with E-state index in [2.05, 4.69) is 0 Å². The number of hydrogen-bond acceptors (Lipinski definition) is 3. The first-order valence-electron chi connectivity index (χ1n) is 7.20. The molecule has 0 radical (unpaired) electrons. The number of benzene rings is 1. The van der Waals surface area contributed by atoms with E-state index in [-0.39, 0.29) is 11.5 Å². The number of amides is 1. The molecular weight excluding hydrogens is 270 g/mol. The van der Waals surface area contributed by atoms with Crippen molar-refractivity contribution in [3.63, 3.8) is 0 Å². The molecule has 1 saturated heterocycles. The lowest BCUT2D eigenvalue weighted by molar-refractivity contribution is -0.130. The zero-order chi connectivity index (χ0) is 15.2. The number of carbonyl (C=O) groups excluding carboxylic acids is 1. The smallest absolute Gasteiger partial charge is 0.335 e. The minimum atomic E-state index is -0.956. The summed E-state index contributed by atoms with van der Waals surface area (Å²) in [6, 6.07) is 6.44. The first-order chi connectivity index (χ1) is 10.1. The van der Waals surface area contributed by atoms with Gasteiger partial charge in [-0.15, -0.1) is 0 Å². The Balaban J connectivity index is 1.86. The Labute approximate surface area is 124 Å². The maximum atomic E-state index is 12.2. The second-order valence-electron chi connectivity index (χ2n) is 5.54. The summed E-state index contributed by atoms with van der Waals surface area (Å²) in [4.78, 5) is 24.7. The van der Waals surface area contributed by atoms with Crippen molar-refractivity contribution in [1.29, 1.82) is 0 Å². The predicted octanol–water partition coefficient (Wildman–Crippen LogP) is 1.81. The van der Waals surface area contributed by atoms with Crippen molar-refractivity contribution in [3.05, 3.63) is 35.4 Å². The van der Waals surface area contributed by atoms with E-state index in [9.17, 15) is 9.59 Å². The van der Waals surface area contributed by atoms with E-state index in [1.165, 1.54) is 12.1 Å². The third-order valence-corrected chi connectivity index (χ3v) is 3.77. The zero-order valence-electron chi connectivity index (χ0n) is 12.2. The first-order valence-corrected chi connectivity index (χ1v) is 7.20. The molecule has 0 bridgehead atoms. The molecule has 114 valence electrons. The molecule has 0 saturated carbocycles. The Morgan fingerprint density at radius 3 is 2.62 bits per heavy atom. The number of nitrogens with zero attached hydrogens (tertiary/aromatic N) is 1. The van der Waals surface area contributed by atoms with Crippen molar-refractivity contribution in [2.75, 3.05) is 26.8 Å². The summed E-state index contributed by atoms with van der Waals surface area (Å²) in [5.41, 5.74) is 1.07. The van der Waals surface area contributed by atoms with Gasteiger partial charge in [0.15, 0.2) is 0 Å². The number of carboxylic acid groups (broad SMARTS) is 1. The maximum absolute atomic E-state index is 12.2. The van der Waals surface area contributed by atoms with Crippen molar-refractivity contribution in [3.8, 4) is 0 Å². The fraction of sp³-hybridized carbons (Fsp3) is 0.500. The lowest BCUT2D eigenvalue weighted by atomic mass is 10.0. The van der Waals surface area contributed by atoms with Gasteiger partial charge in [0.1, 0.15) is 0 Å². The number of ether oxygens (including phenoxy) is 1. The van der Waals surface area contributed by atoms with E-state index in [1.807, 2.05) is 7.05 Å². The molecule has 1 aromatic rings. The monoisotopic (exact) mass is 291 g/mol. The van der Waals surface area contributed by atoms with E-state index >= 15 is 0 Å². The molecule has 1 N–H and O–H groups in total. The van der Waals surface area contributed by atoms with Crippen LogP contribution < -0.4 is 0 Å². The van der Waals surface area contributed by atoms with E-state index < -0.39 is 5.97 Å². The van der Waals surface area contributed by atoms with Crippen molar-refractivity contribution in [2.45, 2.75) is 19.3 Å². The Morgan fingerprint density at radius 1 is 1.33 bits per heavy atom. The van der Waals surface area contributed by atoms with Gasteiger partial charge in [-0.2, -0.15) is 0 Å². The third kappa shape index (κ3) is 4.56. The molecule has 1 fully saturated rings. The summed E-state index contributed by atoms with van der Waals surface area (Å²) < 4.78 is 5.42. The van der Waals surface area contributed by atoms with Gasteiger partial charge in [0.25, 0.3) is 0 Å². The van der Waals surface area contributed by atoms with E-state index in [1.54, 1.807) is 17.0 Å². The molecule has 5 heteroatoms. The summed E-state index contributed by atoms with van der Waals surface area (Å²) in [6.07, 6.45) is 2.46. The van der Waals surface area contributed by atoms with E-state index in [0.29, 0.717) is 18.9 Å². The van der Waals surface area contributed by atoms with Gasteiger partial charge in [0.05, 0.1) is 18.6 Å².